The van der Waals surface area contributed by atoms with Gasteiger partial charge in [0.2, 0.25) is 10.0 Å². The second-order valence-electron chi connectivity index (χ2n) is 6.83. The van der Waals surface area contributed by atoms with Crippen molar-refractivity contribution in [3.8, 4) is 0 Å². The zero-order valence-corrected chi connectivity index (χ0v) is 17.7. The molecule has 0 heterocycles. The van der Waals surface area contributed by atoms with Crippen molar-refractivity contribution in [2.24, 2.45) is 0 Å². The number of nitrogens with one attached hydrogen (secondary N) is 2. The first-order chi connectivity index (χ1) is 13.6. The van der Waals surface area contributed by atoms with E-state index in [4.69, 9.17) is 4.74 Å². The molecule has 0 aromatic heterocycles. The van der Waals surface area contributed by atoms with Gasteiger partial charge < -0.3 is 15.0 Å². The molecule has 29 heavy (non-hydrogen) atoms. The van der Waals surface area contributed by atoms with Crippen molar-refractivity contribution in [3.63, 3.8) is 0 Å². The molecule has 10 heteroatoms. The lowest BCUT2D eigenvalue weighted by molar-refractivity contribution is -0.384. The van der Waals surface area contributed by atoms with Crippen molar-refractivity contribution in [1.82, 2.24) is 4.72 Å². The average Bonchev–Trinajstić information content (AvgIpc) is 2.66. The number of nitro benzene ring substituents is 1. The van der Waals surface area contributed by atoms with Gasteiger partial charge in [0.05, 0.1) is 16.4 Å². The molecule has 2 N–H and O–H groups in total. The Bertz CT molecular complexity index is 946. The summed E-state index contributed by atoms with van der Waals surface area (Å²) in [6.45, 7) is 2.20. The SMILES string of the molecule is COC[C@@H](C)NS(=O)(=O)c1ccc(NCc2ccc(N(C)C)cc2)c([N+](=O)[O-])c1. The summed E-state index contributed by atoms with van der Waals surface area (Å²) >= 11 is 0. The third-order valence-corrected chi connectivity index (χ3v) is 5.77. The summed E-state index contributed by atoms with van der Waals surface area (Å²) < 4.78 is 32.3. The lowest BCUT2D eigenvalue weighted by Crippen LogP contribution is -2.35. The van der Waals surface area contributed by atoms with Gasteiger partial charge in [-0.2, -0.15) is 0 Å². The highest BCUT2D eigenvalue weighted by atomic mass is 32.2. The molecule has 0 unspecified atom stereocenters. The predicted molar refractivity (Wildman–Crippen MR) is 113 cm³/mol. The van der Waals surface area contributed by atoms with Crippen molar-refractivity contribution in [2.45, 2.75) is 24.4 Å². The number of anilines is 2. The number of methoxy groups -OCH3 is 1. The lowest BCUT2D eigenvalue weighted by Gasteiger charge is -2.14. The Balaban J connectivity index is 2.20. The fourth-order valence-corrected chi connectivity index (χ4v) is 3.95. The number of nitro groups is 1. The normalized spacial score (nSPS) is 12.4. The Labute approximate surface area is 170 Å². The van der Waals surface area contributed by atoms with E-state index >= 15 is 0 Å². The topological polar surface area (TPSA) is 114 Å². The molecule has 158 valence electrons. The van der Waals surface area contributed by atoms with Gasteiger partial charge in [-0.15, -0.1) is 0 Å². The van der Waals surface area contributed by atoms with Gasteiger partial charge in [-0.25, -0.2) is 13.1 Å². The Hall–Kier alpha value is -2.69. The summed E-state index contributed by atoms with van der Waals surface area (Å²) in [7, 11) is 1.44. The maximum Gasteiger partial charge on any atom is 0.293 e. The Morgan fingerprint density at radius 1 is 1.17 bits per heavy atom. The first-order valence-electron chi connectivity index (χ1n) is 8.94. The van der Waals surface area contributed by atoms with Gasteiger partial charge in [-0.3, -0.25) is 10.1 Å². The first kappa shape index (κ1) is 22.6. The van der Waals surface area contributed by atoms with E-state index in [1.165, 1.54) is 19.2 Å². The fraction of sp³-hybridized carbons (Fsp3) is 0.368. The van der Waals surface area contributed by atoms with E-state index in [1.807, 2.05) is 43.3 Å². The van der Waals surface area contributed by atoms with Crippen LogP contribution in [0.1, 0.15) is 12.5 Å². The smallest absolute Gasteiger partial charge is 0.293 e. The van der Waals surface area contributed by atoms with Crippen molar-refractivity contribution in [3.05, 3.63) is 58.1 Å². The first-order valence-corrected chi connectivity index (χ1v) is 10.4. The summed E-state index contributed by atoms with van der Waals surface area (Å²) in [5.41, 5.74) is 1.92. The van der Waals surface area contributed by atoms with Crippen molar-refractivity contribution in [1.29, 1.82) is 0 Å². The molecule has 2 aromatic rings. The summed E-state index contributed by atoms with van der Waals surface area (Å²) in [6, 6.07) is 11.1. The molecular weight excluding hydrogens is 396 g/mol. The molecule has 0 saturated carbocycles. The van der Waals surface area contributed by atoms with Crippen LogP contribution in [-0.2, 0) is 21.3 Å². The molecule has 2 aromatic carbocycles. The summed E-state index contributed by atoms with van der Waals surface area (Å²) in [6.07, 6.45) is 0. The van der Waals surface area contributed by atoms with Gasteiger partial charge in [-0.1, -0.05) is 12.1 Å². The van der Waals surface area contributed by atoms with Crippen LogP contribution in [0.2, 0.25) is 0 Å². The van der Waals surface area contributed by atoms with E-state index in [1.54, 1.807) is 6.92 Å². The summed E-state index contributed by atoms with van der Waals surface area (Å²) in [5, 5.41) is 14.5. The van der Waals surface area contributed by atoms with Gasteiger partial charge in [0.25, 0.3) is 5.69 Å². The van der Waals surface area contributed by atoms with Crippen LogP contribution in [0.5, 0.6) is 0 Å². The monoisotopic (exact) mass is 422 g/mol. The minimum Gasteiger partial charge on any atom is -0.383 e. The highest BCUT2D eigenvalue weighted by Gasteiger charge is 2.23. The maximum atomic E-state index is 12.5. The quantitative estimate of drug-likeness (QED) is 0.447. The van der Waals surface area contributed by atoms with Gasteiger partial charge in [0.1, 0.15) is 5.69 Å². The Morgan fingerprint density at radius 2 is 1.83 bits per heavy atom. The van der Waals surface area contributed by atoms with Gasteiger partial charge in [0.15, 0.2) is 0 Å². The fourth-order valence-electron chi connectivity index (χ4n) is 2.71. The number of ether oxygens (including phenoxy) is 1. The van der Waals surface area contributed by atoms with E-state index in [0.717, 1.165) is 17.3 Å². The van der Waals surface area contributed by atoms with Crippen LogP contribution in [0, 0.1) is 10.1 Å². The van der Waals surface area contributed by atoms with E-state index in [2.05, 4.69) is 10.0 Å². The van der Waals surface area contributed by atoms with Gasteiger partial charge >= 0.3 is 0 Å². The van der Waals surface area contributed by atoms with Crippen LogP contribution in [-0.4, -0.2) is 47.2 Å². The average molecular weight is 423 g/mol. The van der Waals surface area contributed by atoms with E-state index in [-0.39, 0.29) is 22.9 Å². The molecule has 2 rings (SSSR count). The minimum absolute atomic E-state index is 0.173. The third-order valence-electron chi connectivity index (χ3n) is 4.18. The summed E-state index contributed by atoms with van der Waals surface area (Å²) in [5.74, 6) is 0. The molecule has 1 atom stereocenters. The number of hydrogen-bond acceptors (Lipinski definition) is 7. The Morgan fingerprint density at radius 3 is 2.38 bits per heavy atom. The number of benzene rings is 2. The van der Waals surface area contributed by atoms with Gasteiger partial charge in [0, 0.05) is 45.5 Å². The molecule has 0 amide bonds. The van der Waals surface area contributed by atoms with Crippen molar-refractivity contribution >= 4 is 27.1 Å². The summed E-state index contributed by atoms with van der Waals surface area (Å²) in [4.78, 5) is 12.7. The number of nitrogens with zero attached hydrogens (tertiary/aromatic N) is 2. The van der Waals surface area contributed by atoms with Crippen molar-refractivity contribution in [2.75, 3.05) is 38.0 Å². The van der Waals surface area contributed by atoms with Crippen LogP contribution >= 0.6 is 0 Å². The molecular formula is C19H26N4O5S. The minimum atomic E-state index is -3.90. The van der Waals surface area contributed by atoms with E-state index in [9.17, 15) is 18.5 Å². The molecule has 0 bridgehead atoms. The van der Waals surface area contributed by atoms with Crippen LogP contribution in [0.25, 0.3) is 0 Å². The molecule has 0 spiro atoms. The largest absolute Gasteiger partial charge is 0.383 e. The Kier molecular flexibility index (Phi) is 7.54. The molecule has 0 aliphatic carbocycles. The predicted octanol–water partition coefficient (Wildman–Crippen LogP) is 2.59. The molecule has 0 aliphatic rings. The third kappa shape index (κ3) is 6.14. The van der Waals surface area contributed by atoms with E-state index in [0.29, 0.717) is 6.54 Å². The molecule has 0 fully saturated rings. The van der Waals surface area contributed by atoms with Crippen LogP contribution < -0.4 is 14.9 Å². The zero-order chi connectivity index (χ0) is 21.6. The molecule has 0 aliphatic heterocycles. The lowest BCUT2D eigenvalue weighted by atomic mass is 10.2. The maximum absolute atomic E-state index is 12.5. The standard InChI is InChI=1S/C19H26N4O5S/c1-14(13-28-4)21-29(26,27)17-9-10-18(19(11-17)23(24)25)20-12-15-5-7-16(8-6-15)22(2)3/h5-11,14,20-21H,12-13H2,1-4H3/t14-/m1/s1. The number of hydrogen-bond donors (Lipinski definition) is 2. The number of sulfonamides is 1. The van der Waals surface area contributed by atoms with E-state index < -0.39 is 21.0 Å². The van der Waals surface area contributed by atoms with Crippen molar-refractivity contribution < 1.29 is 18.1 Å². The highest BCUT2D eigenvalue weighted by molar-refractivity contribution is 7.89. The molecule has 9 nitrogen and oxygen atoms in total. The molecule has 0 saturated heterocycles. The van der Waals surface area contributed by atoms with Crippen LogP contribution in [0.15, 0.2) is 47.4 Å². The number of rotatable bonds is 10. The molecule has 0 radical (unpaired) electrons. The van der Waals surface area contributed by atoms with Crippen LogP contribution in [0.3, 0.4) is 0 Å². The second-order valence-corrected chi connectivity index (χ2v) is 8.54. The second kappa shape index (κ2) is 9.68. The highest BCUT2D eigenvalue weighted by Crippen LogP contribution is 2.28. The van der Waals surface area contributed by atoms with Gasteiger partial charge in [-0.05, 0) is 36.8 Å². The van der Waals surface area contributed by atoms with Crippen LogP contribution in [0.4, 0.5) is 17.1 Å². The zero-order valence-electron chi connectivity index (χ0n) is 16.9.